The zero-order chi connectivity index (χ0) is 15.5. The van der Waals surface area contributed by atoms with Crippen molar-refractivity contribution in [3.63, 3.8) is 0 Å². The van der Waals surface area contributed by atoms with Crippen molar-refractivity contribution < 1.29 is 24.0 Å². The van der Waals surface area contributed by atoms with Crippen molar-refractivity contribution in [3.8, 4) is 0 Å². The second kappa shape index (κ2) is 6.26. The molecule has 0 aromatic carbocycles. The molecule has 21 heavy (non-hydrogen) atoms. The molecule has 7 nitrogen and oxygen atoms in total. The molecule has 0 spiro atoms. The molecule has 1 unspecified atom stereocenters. The normalized spacial score (nSPS) is 19.2. The van der Waals surface area contributed by atoms with E-state index in [1.165, 1.54) is 6.07 Å². The third-order valence-electron chi connectivity index (χ3n) is 3.50. The van der Waals surface area contributed by atoms with Gasteiger partial charge in [-0.05, 0) is 33.1 Å². The van der Waals surface area contributed by atoms with E-state index in [-0.39, 0.29) is 17.8 Å². The quantitative estimate of drug-likeness (QED) is 0.857. The van der Waals surface area contributed by atoms with E-state index in [0.717, 1.165) is 19.3 Å². The van der Waals surface area contributed by atoms with E-state index in [2.05, 4.69) is 10.5 Å². The first-order valence-electron chi connectivity index (χ1n) is 7.01. The molecule has 1 atom stereocenters. The highest BCUT2D eigenvalue weighted by Gasteiger charge is 2.29. The van der Waals surface area contributed by atoms with Crippen molar-refractivity contribution in [2.75, 3.05) is 6.61 Å². The summed E-state index contributed by atoms with van der Waals surface area (Å²) in [6.07, 6.45) is 3.27. The molecule has 1 saturated heterocycles. The highest BCUT2D eigenvalue weighted by Crippen LogP contribution is 2.21. The van der Waals surface area contributed by atoms with E-state index in [1.54, 1.807) is 13.8 Å². The Kier molecular flexibility index (Phi) is 4.62. The van der Waals surface area contributed by atoms with Gasteiger partial charge in [0, 0.05) is 12.7 Å². The van der Waals surface area contributed by atoms with Gasteiger partial charge in [-0.3, -0.25) is 4.79 Å². The van der Waals surface area contributed by atoms with Gasteiger partial charge in [-0.2, -0.15) is 0 Å². The van der Waals surface area contributed by atoms with Gasteiger partial charge in [0.05, 0.1) is 18.1 Å². The van der Waals surface area contributed by atoms with E-state index in [0.29, 0.717) is 18.7 Å². The van der Waals surface area contributed by atoms with Crippen LogP contribution in [0.4, 0.5) is 0 Å². The number of nitrogens with one attached hydrogen (secondary N) is 1. The average Bonchev–Trinajstić information content (AvgIpc) is 2.89. The highest BCUT2D eigenvalue weighted by atomic mass is 16.5. The molecule has 0 aliphatic carbocycles. The number of carbonyl (C=O) groups is 2. The SMILES string of the molecule is CC(C)(NC(=O)CC1CCCCO1)c1cc(C(=O)O)on1. The van der Waals surface area contributed by atoms with Gasteiger partial charge in [-0.25, -0.2) is 4.79 Å². The second-order valence-corrected chi connectivity index (χ2v) is 5.75. The molecule has 0 saturated carbocycles. The maximum Gasteiger partial charge on any atom is 0.374 e. The Bertz CT molecular complexity index is 517. The van der Waals surface area contributed by atoms with Gasteiger partial charge in [-0.1, -0.05) is 5.16 Å². The number of carboxylic acids is 1. The number of rotatable bonds is 5. The lowest BCUT2D eigenvalue weighted by molar-refractivity contribution is -0.126. The predicted molar refractivity (Wildman–Crippen MR) is 72.8 cm³/mol. The van der Waals surface area contributed by atoms with Crippen LogP contribution in [0.3, 0.4) is 0 Å². The average molecular weight is 296 g/mol. The van der Waals surface area contributed by atoms with Gasteiger partial charge in [0.25, 0.3) is 0 Å². The Balaban J connectivity index is 1.95. The van der Waals surface area contributed by atoms with Crippen molar-refractivity contribution in [1.29, 1.82) is 0 Å². The fraction of sp³-hybridized carbons (Fsp3) is 0.643. The van der Waals surface area contributed by atoms with E-state index in [1.807, 2.05) is 0 Å². The number of aromatic nitrogens is 1. The first-order chi connectivity index (χ1) is 9.88. The minimum atomic E-state index is -1.19. The Labute approximate surface area is 122 Å². The Morgan fingerprint density at radius 1 is 1.48 bits per heavy atom. The molecule has 116 valence electrons. The maximum absolute atomic E-state index is 12.1. The first-order valence-corrected chi connectivity index (χ1v) is 7.01. The zero-order valence-corrected chi connectivity index (χ0v) is 12.2. The molecule has 2 rings (SSSR count). The van der Waals surface area contributed by atoms with E-state index in [9.17, 15) is 9.59 Å². The van der Waals surface area contributed by atoms with Crippen molar-refractivity contribution in [2.24, 2.45) is 0 Å². The molecule has 1 aromatic rings. The summed E-state index contributed by atoms with van der Waals surface area (Å²) in [4.78, 5) is 22.9. The maximum atomic E-state index is 12.1. The number of carbonyl (C=O) groups excluding carboxylic acids is 1. The highest BCUT2D eigenvalue weighted by molar-refractivity contribution is 5.84. The summed E-state index contributed by atoms with van der Waals surface area (Å²) < 4.78 is 10.3. The number of hydrogen-bond acceptors (Lipinski definition) is 5. The molecule has 1 amide bonds. The van der Waals surface area contributed by atoms with Crippen LogP contribution in [0.1, 0.15) is 55.8 Å². The lowest BCUT2D eigenvalue weighted by Crippen LogP contribution is -2.43. The fourth-order valence-electron chi connectivity index (χ4n) is 2.31. The monoisotopic (exact) mass is 296 g/mol. The van der Waals surface area contributed by atoms with Crippen LogP contribution < -0.4 is 5.32 Å². The van der Waals surface area contributed by atoms with E-state index in [4.69, 9.17) is 14.4 Å². The van der Waals surface area contributed by atoms with Gasteiger partial charge in [0.1, 0.15) is 5.69 Å². The van der Waals surface area contributed by atoms with Crippen LogP contribution in [-0.4, -0.2) is 34.9 Å². The number of carboxylic acid groups (broad SMARTS) is 1. The third-order valence-corrected chi connectivity index (χ3v) is 3.50. The van der Waals surface area contributed by atoms with Crippen LogP contribution in [0.2, 0.25) is 0 Å². The molecule has 1 aliphatic heterocycles. The smallest absolute Gasteiger partial charge is 0.374 e. The first kappa shape index (κ1) is 15.5. The van der Waals surface area contributed by atoms with Gasteiger partial charge in [-0.15, -0.1) is 0 Å². The van der Waals surface area contributed by atoms with Gasteiger partial charge < -0.3 is 19.7 Å². The minimum absolute atomic E-state index is 0.0403. The summed E-state index contributed by atoms with van der Waals surface area (Å²) in [5, 5.41) is 15.4. The molecular weight excluding hydrogens is 276 g/mol. The summed E-state index contributed by atoms with van der Waals surface area (Å²) in [5.41, 5.74) is -0.430. The second-order valence-electron chi connectivity index (χ2n) is 5.75. The lowest BCUT2D eigenvalue weighted by Gasteiger charge is -2.26. The molecule has 0 bridgehead atoms. The van der Waals surface area contributed by atoms with Crippen LogP contribution in [0.25, 0.3) is 0 Å². The zero-order valence-electron chi connectivity index (χ0n) is 12.2. The van der Waals surface area contributed by atoms with E-state index >= 15 is 0 Å². The van der Waals surface area contributed by atoms with Crippen LogP contribution in [0.5, 0.6) is 0 Å². The number of aromatic carboxylic acids is 1. The van der Waals surface area contributed by atoms with E-state index < -0.39 is 11.5 Å². The van der Waals surface area contributed by atoms with Crippen LogP contribution in [0, 0.1) is 0 Å². The molecule has 7 heteroatoms. The molecule has 0 radical (unpaired) electrons. The molecule has 1 fully saturated rings. The summed E-state index contributed by atoms with van der Waals surface area (Å²) in [6.45, 7) is 4.19. The Morgan fingerprint density at radius 2 is 2.24 bits per heavy atom. The summed E-state index contributed by atoms with van der Waals surface area (Å²) in [7, 11) is 0. The van der Waals surface area contributed by atoms with Gasteiger partial charge >= 0.3 is 5.97 Å². The molecular formula is C14H20N2O5. The lowest BCUT2D eigenvalue weighted by atomic mass is 9.99. The largest absolute Gasteiger partial charge is 0.475 e. The Morgan fingerprint density at radius 3 is 2.81 bits per heavy atom. The van der Waals surface area contributed by atoms with Crippen LogP contribution >= 0.6 is 0 Å². The number of nitrogens with zero attached hydrogens (tertiary/aromatic N) is 1. The van der Waals surface area contributed by atoms with Gasteiger partial charge in [0.2, 0.25) is 11.7 Å². The van der Waals surface area contributed by atoms with Gasteiger partial charge in [0.15, 0.2) is 0 Å². The number of ether oxygens (including phenoxy) is 1. The topological polar surface area (TPSA) is 102 Å². The molecule has 1 aromatic heterocycles. The summed E-state index contributed by atoms with van der Waals surface area (Å²) in [6, 6.07) is 1.32. The minimum Gasteiger partial charge on any atom is -0.475 e. The van der Waals surface area contributed by atoms with Crippen molar-refractivity contribution >= 4 is 11.9 Å². The van der Waals surface area contributed by atoms with Crippen LogP contribution in [-0.2, 0) is 15.1 Å². The summed E-state index contributed by atoms with van der Waals surface area (Å²) in [5.74, 6) is -1.58. The molecule has 2 N–H and O–H groups in total. The van der Waals surface area contributed by atoms with Crippen molar-refractivity contribution in [3.05, 3.63) is 17.5 Å². The predicted octanol–water partition coefficient (Wildman–Crippen LogP) is 1.68. The number of amides is 1. The Hall–Kier alpha value is -1.89. The standard InChI is InChI=1S/C14H20N2O5/c1-14(2,11-8-10(13(18)19)21-16-11)15-12(17)7-9-5-3-4-6-20-9/h8-9H,3-7H2,1-2H3,(H,15,17)(H,18,19). The molecule has 1 aliphatic rings. The fourth-order valence-corrected chi connectivity index (χ4v) is 2.31. The number of hydrogen-bond donors (Lipinski definition) is 2. The third kappa shape index (κ3) is 4.04. The van der Waals surface area contributed by atoms with Crippen LogP contribution in [0.15, 0.2) is 10.6 Å². The van der Waals surface area contributed by atoms with Crippen molar-refractivity contribution in [1.82, 2.24) is 10.5 Å². The van der Waals surface area contributed by atoms with Crippen molar-refractivity contribution in [2.45, 2.75) is 51.2 Å². The molecule has 2 heterocycles. The summed E-state index contributed by atoms with van der Waals surface area (Å²) >= 11 is 0.